The van der Waals surface area contributed by atoms with E-state index in [-0.39, 0.29) is 30.4 Å². The van der Waals surface area contributed by atoms with Crippen LogP contribution in [0.4, 0.5) is 0 Å². The molecule has 0 bridgehead atoms. The third kappa shape index (κ3) is 4.35. The number of aliphatic carboxylic acids is 1. The Morgan fingerprint density at radius 1 is 1.26 bits per heavy atom. The standard InChI is InChI=1S/C20H25N3O4/c1-20(12-6-5-9-15(20)19(26)27)21-18(25)16-10-11-17(24)23(22-16)13-14-7-3-2-4-8-14/h2-4,7-8,15H,5-6,9-13H2,1H3,(H,21,25)(H,26,27). The molecule has 144 valence electrons. The fourth-order valence-electron chi connectivity index (χ4n) is 3.86. The average Bonchev–Trinajstić information content (AvgIpc) is 2.64. The second-order valence-electron chi connectivity index (χ2n) is 7.49. The van der Waals surface area contributed by atoms with Gasteiger partial charge in [-0.15, -0.1) is 0 Å². The first kappa shape index (κ1) is 19.1. The monoisotopic (exact) mass is 371 g/mol. The highest BCUT2D eigenvalue weighted by molar-refractivity contribution is 6.39. The molecule has 0 radical (unpaired) electrons. The maximum atomic E-state index is 12.8. The molecule has 1 aliphatic carbocycles. The number of carbonyl (C=O) groups is 3. The van der Waals surface area contributed by atoms with Crippen LogP contribution in [0.3, 0.4) is 0 Å². The van der Waals surface area contributed by atoms with Crippen LogP contribution in [0.25, 0.3) is 0 Å². The molecule has 1 aromatic carbocycles. The molecular weight excluding hydrogens is 346 g/mol. The van der Waals surface area contributed by atoms with Crippen LogP contribution in [0.1, 0.15) is 51.0 Å². The zero-order valence-electron chi connectivity index (χ0n) is 15.5. The lowest BCUT2D eigenvalue weighted by molar-refractivity contribution is -0.146. The third-order valence-electron chi connectivity index (χ3n) is 5.45. The van der Waals surface area contributed by atoms with Crippen molar-refractivity contribution in [2.75, 3.05) is 0 Å². The van der Waals surface area contributed by atoms with E-state index < -0.39 is 17.4 Å². The van der Waals surface area contributed by atoms with E-state index in [1.165, 1.54) is 5.01 Å². The molecule has 0 spiro atoms. The van der Waals surface area contributed by atoms with Gasteiger partial charge in [0, 0.05) is 12.8 Å². The maximum absolute atomic E-state index is 12.8. The van der Waals surface area contributed by atoms with Crippen molar-refractivity contribution in [1.82, 2.24) is 10.3 Å². The van der Waals surface area contributed by atoms with Gasteiger partial charge in [0.1, 0.15) is 5.71 Å². The Labute approximate surface area is 158 Å². The van der Waals surface area contributed by atoms with Crippen LogP contribution in [-0.2, 0) is 20.9 Å². The van der Waals surface area contributed by atoms with Crippen LogP contribution in [0, 0.1) is 5.92 Å². The van der Waals surface area contributed by atoms with Crippen molar-refractivity contribution in [2.45, 2.75) is 57.5 Å². The normalized spacial score (nSPS) is 25.7. The summed E-state index contributed by atoms with van der Waals surface area (Å²) in [7, 11) is 0. The summed E-state index contributed by atoms with van der Waals surface area (Å²) in [5.41, 5.74) is 0.415. The molecule has 2 aliphatic rings. The highest BCUT2D eigenvalue weighted by Gasteiger charge is 2.43. The first-order valence-electron chi connectivity index (χ1n) is 9.36. The van der Waals surface area contributed by atoms with Gasteiger partial charge in [0.2, 0.25) is 5.91 Å². The van der Waals surface area contributed by atoms with Crippen molar-refractivity contribution in [3.8, 4) is 0 Å². The van der Waals surface area contributed by atoms with Gasteiger partial charge in [-0.25, -0.2) is 5.01 Å². The Morgan fingerprint density at radius 2 is 2.00 bits per heavy atom. The fourth-order valence-corrected chi connectivity index (χ4v) is 3.86. The Morgan fingerprint density at radius 3 is 2.70 bits per heavy atom. The van der Waals surface area contributed by atoms with E-state index in [0.29, 0.717) is 19.4 Å². The van der Waals surface area contributed by atoms with Gasteiger partial charge in [0.05, 0.1) is 18.0 Å². The summed E-state index contributed by atoms with van der Waals surface area (Å²) in [5, 5.41) is 18.0. The molecule has 2 N–H and O–H groups in total. The molecule has 7 heteroatoms. The number of hydrazone groups is 1. The van der Waals surface area contributed by atoms with E-state index >= 15 is 0 Å². The van der Waals surface area contributed by atoms with Gasteiger partial charge in [0.25, 0.3) is 5.91 Å². The number of rotatable bonds is 5. The van der Waals surface area contributed by atoms with Gasteiger partial charge in [-0.3, -0.25) is 14.4 Å². The van der Waals surface area contributed by atoms with E-state index in [0.717, 1.165) is 18.4 Å². The first-order chi connectivity index (χ1) is 12.9. The number of carbonyl (C=O) groups excluding carboxylic acids is 2. The van der Waals surface area contributed by atoms with Gasteiger partial charge in [-0.05, 0) is 25.3 Å². The minimum Gasteiger partial charge on any atom is -0.481 e. The van der Waals surface area contributed by atoms with Crippen LogP contribution >= 0.6 is 0 Å². The van der Waals surface area contributed by atoms with Gasteiger partial charge in [0.15, 0.2) is 0 Å². The lowest BCUT2D eigenvalue weighted by atomic mass is 9.73. The minimum atomic E-state index is -0.885. The van der Waals surface area contributed by atoms with E-state index in [1.54, 1.807) is 6.92 Å². The summed E-state index contributed by atoms with van der Waals surface area (Å²) in [5.74, 6) is -2.00. The highest BCUT2D eigenvalue weighted by atomic mass is 16.4. The predicted octanol–water partition coefficient (Wildman–Crippen LogP) is 2.31. The molecule has 2 atom stereocenters. The zero-order valence-corrected chi connectivity index (χ0v) is 15.5. The minimum absolute atomic E-state index is 0.123. The Kier molecular flexibility index (Phi) is 5.58. The Bertz CT molecular complexity index is 762. The Balaban J connectivity index is 1.74. The molecule has 27 heavy (non-hydrogen) atoms. The number of hydrogen-bond donors (Lipinski definition) is 2. The number of benzene rings is 1. The van der Waals surface area contributed by atoms with Crippen LogP contribution in [-0.4, -0.2) is 39.1 Å². The average molecular weight is 371 g/mol. The molecule has 3 rings (SSSR count). The zero-order chi connectivity index (χ0) is 19.4. The van der Waals surface area contributed by atoms with Crippen LogP contribution in [0.5, 0.6) is 0 Å². The van der Waals surface area contributed by atoms with E-state index in [9.17, 15) is 19.5 Å². The second kappa shape index (κ2) is 7.90. The molecule has 2 unspecified atom stereocenters. The number of carboxylic acids is 1. The smallest absolute Gasteiger partial charge is 0.308 e. The number of nitrogens with one attached hydrogen (secondary N) is 1. The predicted molar refractivity (Wildman–Crippen MR) is 99.8 cm³/mol. The topological polar surface area (TPSA) is 99.1 Å². The number of carboxylic acid groups (broad SMARTS) is 1. The van der Waals surface area contributed by atoms with Crippen LogP contribution in [0.2, 0.25) is 0 Å². The summed E-state index contributed by atoms with van der Waals surface area (Å²) in [6.07, 6.45) is 3.39. The molecule has 1 fully saturated rings. The van der Waals surface area contributed by atoms with Crippen molar-refractivity contribution < 1.29 is 19.5 Å². The largest absolute Gasteiger partial charge is 0.481 e. The van der Waals surface area contributed by atoms with Crippen molar-refractivity contribution in [2.24, 2.45) is 11.0 Å². The van der Waals surface area contributed by atoms with Crippen molar-refractivity contribution >= 4 is 23.5 Å². The van der Waals surface area contributed by atoms with E-state index in [4.69, 9.17) is 0 Å². The summed E-state index contributed by atoms with van der Waals surface area (Å²) in [6.45, 7) is 2.10. The van der Waals surface area contributed by atoms with Crippen molar-refractivity contribution in [3.63, 3.8) is 0 Å². The van der Waals surface area contributed by atoms with Gasteiger partial charge >= 0.3 is 5.97 Å². The molecular formula is C20H25N3O4. The first-order valence-corrected chi connectivity index (χ1v) is 9.36. The Hall–Kier alpha value is -2.70. The fraction of sp³-hybridized carbons (Fsp3) is 0.500. The maximum Gasteiger partial charge on any atom is 0.308 e. The van der Waals surface area contributed by atoms with Gasteiger partial charge in [-0.2, -0.15) is 5.10 Å². The third-order valence-corrected chi connectivity index (χ3v) is 5.45. The highest BCUT2D eigenvalue weighted by Crippen LogP contribution is 2.34. The SMILES string of the molecule is CC1(NC(=O)C2=NN(Cc3ccccc3)C(=O)CC2)CCCCC1C(=O)O. The molecule has 7 nitrogen and oxygen atoms in total. The summed E-state index contributed by atoms with van der Waals surface area (Å²) in [4.78, 5) is 36.5. The molecule has 0 aromatic heterocycles. The molecule has 1 saturated carbocycles. The molecule has 1 aromatic rings. The summed E-state index contributed by atoms with van der Waals surface area (Å²) < 4.78 is 0. The molecule has 1 aliphatic heterocycles. The summed E-state index contributed by atoms with van der Waals surface area (Å²) >= 11 is 0. The van der Waals surface area contributed by atoms with E-state index in [2.05, 4.69) is 10.4 Å². The van der Waals surface area contributed by atoms with Gasteiger partial charge in [-0.1, -0.05) is 43.2 Å². The number of hydrogen-bond acceptors (Lipinski definition) is 4. The molecule has 2 amide bonds. The molecule has 0 saturated heterocycles. The van der Waals surface area contributed by atoms with E-state index in [1.807, 2.05) is 30.3 Å². The van der Waals surface area contributed by atoms with Crippen molar-refractivity contribution in [1.29, 1.82) is 0 Å². The second-order valence-corrected chi connectivity index (χ2v) is 7.49. The lowest BCUT2D eigenvalue weighted by Gasteiger charge is -2.40. The van der Waals surface area contributed by atoms with Crippen LogP contribution < -0.4 is 5.32 Å². The number of nitrogens with zero attached hydrogens (tertiary/aromatic N) is 2. The lowest BCUT2D eigenvalue weighted by Crippen LogP contribution is -2.57. The number of amides is 2. The molecule has 1 heterocycles. The van der Waals surface area contributed by atoms with Crippen molar-refractivity contribution in [3.05, 3.63) is 35.9 Å². The van der Waals surface area contributed by atoms with Crippen LogP contribution in [0.15, 0.2) is 35.4 Å². The van der Waals surface area contributed by atoms with Gasteiger partial charge < -0.3 is 10.4 Å². The summed E-state index contributed by atoms with van der Waals surface area (Å²) in [6, 6.07) is 9.47. The quantitative estimate of drug-likeness (QED) is 0.830.